The molecule has 114 valence electrons. The predicted molar refractivity (Wildman–Crippen MR) is 75.3 cm³/mol. The Labute approximate surface area is 126 Å². The van der Waals surface area contributed by atoms with Gasteiger partial charge in [0.15, 0.2) is 28.6 Å². The molecule has 2 N–H and O–H groups in total. The second-order valence-corrected chi connectivity index (χ2v) is 5.49. The first kappa shape index (κ1) is 14.6. The summed E-state index contributed by atoms with van der Waals surface area (Å²) in [5.74, 6) is -1.59. The van der Waals surface area contributed by atoms with Crippen molar-refractivity contribution in [3.8, 4) is 0 Å². The van der Waals surface area contributed by atoms with Crippen molar-refractivity contribution in [2.24, 2.45) is 5.16 Å². The van der Waals surface area contributed by atoms with Crippen LogP contribution in [-0.2, 0) is 15.9 Å². The molecular weight excluding hydrogens is 314 g/mol. The van der Waals surface area contributed by atoms with Crippen molar-refractivity contribution in [3.63, 3.8) is 0 Å². The summed E-state index contributed by atoms with van der Waals surface area (Å²) in [6.45, 7) is 0. The molecule has 0 aromatic heterocycles. The van der Waals surface area contributed by atoms with Gasteiger partial charge in [0.1, 0.15) is 0 Å². The highest BCUT2D eigenvalue weighted by molar-refractivity contribution is 7.79. The maximum Gasteiger partial charge on any atom is 0.225 e. The highest BCUT2D eigenvalue weighted by Gasteiger charge is 2.23. The van der Waals surface area contributed by atoms with Crippen LogP contribution in [-0.4, -0.2) is 14.6 Å². The molecule has 0 bridgehead atoms. The molecule has 0 saturated heterocycles. The van der Waals surface area contributed by atoms with Crippen LogP contribution in [0.15, 0.2) is 52.5 Å². The standard InChI is InChI=1S/C14H10F2N2O3S/c15-11-5-4-9(7-12(11)16)14-17-13(18-21-14)8-2-1-3-10(6-8)22(19)20/h1-7,14H,(H,17,18)(H,19,20). The molecule has 2 unspecified atom stereocenters. The smallest absolute Gasteiger partial charge is 0.225 e. The first-order valence-electron chi connectivity index (χ1n) is 6.21. The van der Waals surface area contributed by atoms with Gasteiger partial charge >= 0.3 is 0 Å². The Morgan fingerprint density at radius 3 is 2.73 bits per heavy atom. The lowest BCUT2D eigenvalue weighted by atomic mass is 10.1. The fourth-order valence-corrected chi connectivity index (χ4v) is 2.41. The van der Waals surface area contributed by atoms with E-state index in [-0.39, 0.29) is 4.90 Å². The molecule has 1 aliphatic rings. The third-order valence-corrected chi connectivity index (χ3v) is 3.73. The number of hydrogen-bond donors (Lipinski definition) is 2. The van der Waals surface area contributed by atoms with Crippen LogP contribution >= 0.6 is 0 Å². The third-order valence-electron chi connectivity index (χ3n) is 3.07. The second kappa shape index (κ2) is 5.82. The van der Waals surface area contributed by atoms with Crippen molar-refractivity contribution in [2.45, 2.75) is 11.1 Å². The van der Waals surface area contributed by atoms with Crippen molar-refractivity contribution in [1.82, 2.24) is 5.32 Å². The molecule has 2 atom stereocenters. The molecule has 5 nitrogen and oxygen atoms in total. The molecule has 22 heavy (non-hydrogen) atoms. The first-order chi connectivity index (χ1) is 10.5. The van der Waals surface area contributed by atoms with E-state index in [1.807, 2.05) is 0 Å². The summed E-state index contributed by atoms with van der Waals surface area (Å²) in [6.07, 6.45) is -0.756. The van der Waals surface area contributed by atoms with Crippen LogP contribution < -0.4 is 5.32 Å². The number of rotatable bonds is 3. The van der Waals surface area contributed by atoms with Gasteiger partial charge < -0.3 is 14.7 Å². The van der Waals surface area contributed by atoms with Crippen LogP contribution in [0.5, 0.6) is 0 Å². The highest BCUT2D eigenvalue weighted by atomic mass is 32.2. The summed E-state index contributed by atoms with van der Waals surface area (Å²) in [6, 6.07) is 9.68. The zero-order valence-corrected chi connectivity index (χ0v) is 11.8. The Morgan fingerprint density at radius 1 is 1.18 bits per heavy atom. The minimum Gasteiger partial charge on any atom is -0.364 e. The maximum atomic E-state index is 13.2. The van der Waals surface area contributed by atoms with Gasteiger partial charge in [0.2, 0.25) is 6.23 Å². The number of oxime groups is 1. The van der Waals surface area contributed by atoms with E-state index in [4.69, 9.17) is 9.39 Å². The molecule has 0 aliphatic carbocycles. The highest BCUT2D eigenvalue weighted by Crippen LogP contribution is 2.23. The Hall–Kier alpha value is -2.32. The van der Waals surface area contributed by atoms with Crippen LogP contribution in [0.1, 0.15) is 17.4 Å². The quantitative estimate of drug-likeness (QED) is 0.851. The van der Waals surface area contributed by atoms with Crippen LogP contribution in [0.3, 0.4) is 0 Å². The lowest BCUT2D eigenvalue weighted by Gasteiger charge is -2.10. The van der Waals surface area contributed by atoms with E-state index in [9.17, 15) is 13.0 Å². The second-order valence-electron chi connectivity index (χ2n) is 4.52. The van der Waals surface area contributed by atoms with Gasteiger partial charge in [-0.15, -0.1) is 0 Å². The largest absolute Gasteiger partial charge is 0.364 e. The van der Waals surface area contributed by atoms with Crippen molar-refractivity contribution >= 4 is 16.9 Å². The molecule has 1 aliphatic heterocycles. The Bertz CT molecular complexity index is 782. The first-order valence-corrected chi connectivity index (χ1v) is 7.32. The summed E-state index contributed by atoms with van der Waals surface area (Å²) in [7, 11) is 0. The summed E-state index contributed by atoms with van der Waals surface area (Å²) in [5.41, 5.74) is 0.921. The lowest BCUT2D eigenvalue weighted by Crippen LogP contribution is -2.23. The summed E-state index contributed by atoms with van der Waals surface area (Å²) < 4.78 is 46.3. The zero-order valence-electron chi connectivity index (χ0n) is 11.0. The summed E-state index contributed by atoms with van der Waals surface area (Å²) >= 11 is -2.10. The fraction of sp³-hybridized carbons (Fsp3) is 0.0714. The SMILES string of the molecule is O=S(O)c1cccc(C2=NOC(c3ccc(F)c(F)c3)N2)c1. The molecule has 3 rings (SSSR count). The topological polar surface area (TPSA) is 70.9 Å². The van der Waals surface area contributed by atoms with E-state index < -0.39 is 28.9 Å². The Balaban J connectivity index is 1.80. The van der Waals surface area contributed by atoms with Crippen LogP contribution in [0, 0.1) is 11.6 Å². The molecule has 8 heteroatoms. The third kappa shape index (κ3) is 2.83. The van der Waals surface area contributed by atoms with Gasteiger partial charge in [-0.25, -0.2) is 13.0 Å². The van der Waals surface area contributed by atoms with Gasteiger partial charge in [0.05, 0.1) is 4.90 Å². The fourth-order valence-electron chi connectivity index (χ4n) is 1.99. The number of nitrogens with zero attached hydrogens (tertiary/aromatic N) is 1. The summed E-state index contributed by atoms with van der Waals surface area (Å²) in [4.78, 5) is 5.37. The van der Waals surface area contributed by atoms with Crippen LogP contribution in [0.25, 0.3) is 0 Å². The molecule has 0 radical (unpaired) electrons. The molecular formula is C14H10F2N2O3S. The van der Waals surface area contributed by atoms with Crippen molar-refractivity contribution < 1.29 is 22.4 Å². The molecule has 2 aromatic rings. The molecule has 1 heterocycles. The van der Waals surface area contributed by atoms with E-state index in [0.29, 0.717) is 17.0 Å². The van der Waals surface area contributed by atoms with Gasteiger partial charge in [0, 0.05) is 11.1 Å². The number of amidine groups is 1. The summed E-state index contributed by atoms with van der Waals surface area (Å²) in [5, 5.41) is 6.72. The Morgan fingerprint density at radius 2 is 2.00 bits per heavy atom. The molecule has 0 amide bonds. The molecule has 2 aromatic carbocycles. The van der Waals surface area contributed by atoms with E-state index in [1.165, 1.54) is 18.2 Å². The van der Waals surface area contributed by atoms with E-state index in [0.717, 1.165) is 12.1 Å². The molecule has 0 fully saturated rings. The molecule has 0 saturated carbocycles. The van der Waals surface area contributed by atoms with Gasteiger partial charge in [-0.05, 0) is 24.3 Å². The lowest BCUT2D eigenvalue weighted by molar-refractivity contribution is 0.0726. The van der Waals surface area contributed by atoms with Crippen molar-refractivity contribution in [1.29, 1.82) is 0 Å². The average molecular weight is 324 g/mol. The van der Waals surface area contributed by atoms with Gasteiger partial charge in [-0.1, -0.05) is 23.4 Å². The normalized spacial score (nSPS) is 18.3. The van der Waals surface area contributed by atoms with Crippen molar-refractivity contribution in [3.05, 3.63) is 65.2 Å². The van der Waals surface area contributed by atoms with Gasteiger partial charge in [-0.3, -0.25) is 0 Å². The van der Waals surface area contributed by atoms with Crippen molar-refractivity contribution in [2.75, 3.05) is 0 Å². The van der Waals surface area contributed by atoms with E-state index >= 15 is 0 Å². The van der Waals surface area contributed by atoms with Gasteiger partial charge in [0.25, 0.3) is 0 Å². The number of halogens is 2. The molecule has 0 spiro atoms. The van der Waals surface area contributed by atoms with E-state index in [1.54, 1.807) is 12.1 Å². The number of hydrogen-bond acceptors (Lipinski definition) is 4. The van der Waals surface area contributed by atoms with Crippen LogP contribution in [0.4, 0.5) is 8.78 Å². The minimum absolute atomic E-state index is 0.221. The van der Waals surface area contributed by atoms with Gasteiger partial charge in [-0.2, -0.15) is 0 Å². The minimum atomic E-state index is -2.10. The maximum absolute atomic E-state index is 13.2. The zero-order chi connectivity index (χ0) is 15.7. The number of nitrogens with one attached hydrogen (secondary N) is 1. The number of benzene rings is 2. The average Bonchev–Trinajstić information content (AvgIpc) is 3.00. The van der Waals surface area contributed by atoms with Crippen LogP contribution in [0.2, 0.25) is 0 Å². The predicted octanol–water partition coefficient (Wildman–Crippen LogP) is 2.53. The Kier molecular flexibility index (Phi) is 3.86. The monoisotopic (exact) mass is 324 g/mol. The van der Waals surface area contributed by atoms with E-state index in [2.05, 4.69) is 10.5 Å².